The van der Waals surface area contributed by atoms with E-state index in [2.05, 4.69) is 16.9 Å². The molecule has 0 N–H and O–H groups in total. The molecule has 4 nitrogen and oxygen atoms in total. The molecule has 1 heterocycles. The van der Waals surface area contributed by atoms with Crippen LogP contribution in [-0.2, 0) is 11.2 Å². The van der Waals surface area contributed by atoms with Gasteiger partial charge in [0.05, 0.1) is 17.6 Å². The van der Waals surface area contributed by atoms with Crippen molar-refractivity contribution in [2.24, 2.45) is 0 Å². The smallest absolute Gasteiger partial charge is 0.308 e. The van der Waals surface area contributed by atoms with Crippen LogP contribution in [0.15, 0.2) is 36.7 Å². The van der Waals surface area contributed by atoms with Crippen LogP contribution in [0.25, 0.3) is 11.3 Å². The number of benzene rings is 1. The Labute approximate surface area is 157 Å². The van der Waals surface area contributed by atoms with E-state index in [1.54, 1.807) is 12.1 Å². The first-order valence-electron chi connectivity index (χ1n) is 9.79. The van der Waals surface area contributed by atoms with Crippen LogP contribution < -0.4 is 4.74 Å². The van der Waals surface area contributed by atoms with Gasteiger partial charge in [0.15, 0.2) is 0 Å². The maximum atomic E-state index is 10.9. The predicted octanol–water partition coefficient (Wildman–Crippen LogP) is 5.75. The number of aromatic nitrogens is 2. The molecule has 1 aromatic carbocycles. The third-order valence-corrected chi connectivity index (χ3v) is 4.40. The molecule has 0 saturated carbocycles. The number of ether oxygens (including phenoxy) is 1. The zero-order valence-electron chi connectivity index (χ0n) is 16.0. The van der Waals surface area contributed by atoms with Crippen molar-refractivity contribution in [1.29, 1.82) is 0 Å². The maximum Gasteiger partial charge on any atom is 0.308 e. The fourth-order valence-corrected chi connectivity index (χ4v) is 2.93. The number of hydrogen-bond acceptors (Lipinski definition) is 4. The summed E-state index contributed by atoms with van der Waals surface area (Å²) in [5, 5.41) is 0. The molecule has 0 aliphatic carbocycles. The van der Waals surface area contributed by atoms with E-state index in [9.17, 15) is 4.79 Å². The van der Waals surface area contributed by atoms with Gasteiger partial charge in [-0.05, 0) is 37.1 Å². The molecular formula is C22H30N2O2. The molecule has 2 rings (SSSR count). The molecule has 0 fully saturated rings. The Balaban J connectivity index is 1.73. The largest absolute Gasteiger partial charge is 0.427 e. The van der Waals surface area contributed by atoms with Gasteiger partial charge in [-0.2, -0.15) is 0 Å². The summed E-state index contributed by atoms with van der Waals surface area (Å²) in [5.41, 5.74) is 2.85. The first-order chi connectivity index (χ1) is 12.7. The molecule has 0 saturated heterocycles. The summed E-state index contributed by atoms with van der Waals surface area (Å²) in [6.45, 7) is 3.65. The van der Waals surface area contributed by atoms with E-state index in [0.717, 1.165) is 23.4 Å². The van der Waals surface area contributed by atoms with E-state index in [1.807, 2.05) is 24.5 Å². The standard InChI is InChI=1S/C22H30N2O2/c1-3-4-5-6-7-8-9-10-11-20-16-24-22(17-23-20)19-12-14-21(15-13-19)26-18(2)25/h12-17H,3-11H2,1-2H3. The van der Waals surface area contributed by atoms with Crippen molar-refractivity contribution in [3.05, 3.63) is 42.4 Å². The molecule has 0 bridgehead atoms. The Morgan fingerprint density at radius 1 is 0.885 bits per heavy atom. The molecule has 0 amide bonds. The Morgan fingerprint density at radius 3 is 2.12 bits per heavy atom. The molecule has 0 radical (unpaired) electrons. The van der Waals surface area contributed by atoms with E-state index in [1.165, 1.54) is 58.3 Å². The van der Waals surface area contributed by atoms with Crippen molar-refractivity contribution < 1.29 is 9.53 Å². The van der Waals surface area contributed by atoms with Gasteiger partial charge in [0.1, 0.15) is 5.75 Å². The molecule has 0 unspecified atom stereocenters. The third kappa shape index (κ3) is 7.34. The molecule has 0 aliphatic rings. The molecule has 0 atom stereocenters. The second-order valence-corrected chi connectivity index (χ2v) is 6.74. The lowest BCUT2D eigenvalue weighted by Gasteiger charge is -2.05. The van der Waals surface area contributed by atoms with Crippen molar-refractivity contribution in [2.45, 2.75) is 71.6 Å². The average Bonchev–Trinajstić information content (AvgIpc) is 2.65. The van der Waals surface area contributed by atoms with Crippen molar-refractivity contribution in [1.82, 2.24) is 9.97 Å². The molecular weight excluding hydrogens is 324 g/mol. The van der Waals surface area contributed by atoms with Gasteiger partial charge >= 0.3 is 5.97 Å². The fourth-order valence-electron chi connectivity index (χ4n) is 2.93. The molecule has 0 aliphatic heterocycles. The van der Waals surface area contributed by atoms with Gasteiger partial charge in [0.2, 0.25) is 0 Å². The Bertz CT molecular complexity index is 651. The fraction of sp³-hybridized carbons (Fsp3) is 0.500. The number of rotatable bonds is 11. The van der Waals surface area contributed by atoms with Crippen LogP contribution in [0.5, 0.6) is 5.75 Å². The minimum absolute atomic E-state index is 0.317. The second kappa shape index (κ2) is 11.4. The lowest BCUT2D eigenvalue weighted by molar-refractivity contribution is -0.131. The summed E-state index contributed by atoms with van der Waals surface area (Å²) in [5.74, 6) is 0.225. The number of unbranched alkanes of at least 4 members (excludes halogenated alkanes) is 7. The Morgan fingerprint density at radius 2 is 1.54 bits per heavy atom. The summed E-state index contributed by atoms with van der Waals surface area (Å²) < 4.78 is 5.04. The number of aryl methyl sites for hydroxylation is 1. The molecule has 140 valence electrons. The summed E-state index contributed by atoms with van der Waals surface area (Å²) in [6, 6.07) is 7.32. The SMILES string of the molecule is CCCCCCCCCCc1cnc(-c2ccc(OC(C)=O)cc2)cn1. The van der Waals surface area contributed by atoms with Crippen LogP contribution in [0.1, 0.15) is 70.9 Å². The second-order valence-electron chi connectivity index (χ2n) is 6.74. The summed E-state index contributed by atoms with van der Waals surface area (Å²) >= 11 is 0. The molecule has 1 aromatic heterocycles. The quantitative estimate of drug-likeness (QED) is 0.293. The highest BCUT2D eigenvalue weighted by Crippen LogP contribution is 2.20. The Kier molecular flexibility index (Phi) is 8.81. The van der Waals surface area contributed by atoms with E-state index in [4.69, 9.17) is 4.74 Å². The first kappa shape index (κ1) is 20.1. The third-order valence-electron chi connectivity index (χ3n) is 4.40. The van der Waals surface area contributed by atoms with Gasteiger partial charge in [0, 0.05) is 18.7 Å². The first-order valence-corrected chi connectivity index (χ1v) is 9.79. The zero-order valence-corrected chi connectivity index (χ0v) is 16.0. The highest BCUT2D eigenvalue weighted by molar-refractivity contribution is 5.69. The van der Waals surface area contributed by atoms with Crippen LogP contribution >= 0.6 is 0 Å². The van der Waals surface area contributed by atoms with Gasteiger partial charge in [-0.25, -0.2) is 0 Å². The van der Waals surface area contributed by atoms with Crippen LogP contribution in [0.2, 0.25) is 0 Å². The number of nitrogens with zero attached hydrogens (tertiary/aromatic N) is 2. The van der Waals surface area contributed by atoms with Crippen molar-refractivity contribution in [3.8, 4) is 17.0 Å². The monoisotopic (exact) mass is 354 g/mol. The van der Waals surface area contributed by atoms with Gasteiger partial charge < -0.3 is 4.74 Å². The van der Waals surface area contributed by atoms with E-state index in [-0.39, 0.29) is 5.97 Å². The summed E-state index contributed by atoms with van der Waals surface area (Å²) in [6.07, 6.45) is 15.2. The average molecular weight is 354 g/mol. The van der Waals surface area contributed by atoms with Crippen LogP contribution in [0.4, 0.5) is 0 Å². The van der Waals surface area contributed by atoms with E-state index in [0.29, 0.717) is 5.75 Å². The highest BCUT2D eigenvalue weighted by Gasteiger charge is 2.03. The topological polar surface area (TPSA) is 52.1 Å². The zero-order chi connectivity index (χ0) is 18.6. The number of esters is 1. The van der Waals surface area contributed by atoms with Gasteiger partial charge in [-0.3, -0.25) is 14.8 Å². The lowest BCUT2D eigenvalue weighted by Crippen LogP contribution is -2.01. The molecule has 26 heavy (non-hydrogen) atoms. The van der Waals surface area contributed by atoms with Crippen LogP contribution in [0.3, 0.4) is 0 Å². The highest BCUT2D eigenvalue weighted by atomic mass is 16.5. The summed E-state index contributed by atoms with van der Waals surface area (Å²) in [7, 11) is 0. The summed E-state index contributed by atoms with van der Waals surface area (Å²) in [4.78, 5) is 20.0. The van der Waals surface area contributed by atoms with Gasteiger partial charge in [-0.15, -0.1) is 0 Å². The number of hydrogen-bond donors (Lipinski definition) is 0. The predicted molar refractivity (Wildman–Crippen MR) is 105 cm³/mol. The van der Waals surface area contributed by atoms with Gasteiger partial charge in [0.25, 0.3) is 0 Å². The van der Waals surface area contributed by atoms with E-state index < -0.39 is 0 Å². The van der Waals surface area contributed by atoms with Crippen molar-refractivity contribution in [3.63, 3.8) is 0 Å². The maximum absolute atomic E-state index is 10.9. The molecule has 2 aromatic rings. The minimum atomic E-state index is -0.317. The number of carbonyl (C=O) groups excluding carboxylic acids is 1. The normalized spacial score (nSPS) is 10.7. The Hall–Kier alpha value is -2.23. The number of carbonyl (C=O) groups is 1. The van der Waals surface area contributed by atoms with E-state index >= 15 is 0 Å². The van der Waals surface area contributed by atoms with Crippen LogP contribution in [0, 0.1) is 0 Å². The van der Waals surface area contributed by atoms with Crippen LogP contribution in [-0.4, -0.2) is 15.9 Å². The molecule has 4 heteroatoms. The minimum Gasteiger partial charge on any atom is -0.427 e. The van der Waals surface area contributed by atoms with Gasteiger partial charge in [-0.1, -0.05) is 51.9 Å². The molecule has 0 spiro atoms. The lowest BCUT2D eigenvalue weighted by atomic mass is 10.1. The van der Waals surface area contributed by atoms with Crippen molar-refractivity contribution >= 4 is 5.97 Å². The van der Waals surface area contributed by atoms with Crippen molar-refractivity contribution in [2.75, 3.05) is 0 Å².